The van der Waals surface area contributed by atoms with Gasteiger partial charge in [0.05, 0.1) is 23.3 Å². The highest BCUT2D eigenvalue weighted by Gasteiger charge is 2.34. The van der Waals surface area contributed by atoms with Crippen LogP contribution in [0.5, 0.6) is 5.88 Å². The molecule has 1 N–H and O–H groups in total. The van der Waals surface area contributed by atoms with Crippen molar-refractivity contribution in [2.75, 3.05) is 13.1 Å². The molecule has 1 aliphatic carbocycles. The first-order valence-corrected chi connectivity index (χ1v) is 7.38. The van der Waals surface area contributed by atoms with Gasteiger partial charge in [-0.1, -0.05) is 0 Å². The molecule has 2 aromatic rings. The molecule has 4 rings (SSSR count). The van der Waals surface area contributed by atoms with Gasteiger partial charge in [0.25, 0.3) is 0 Å². The number of hydrogen-bond donors (Lipinski definition) is 1. The molecule has 2 aliphatic rings. The van der Waals surface area contributed by atoms with Crippen molar-refractivity contribution in [3.63, 3.8) is 0 Å². The smallest absolute Gasteiger partial charge is 0.233 e. The second kappa shape index (κ2) is 4.42. The first-order chi connectivity index (χ1) is 9.70. The molecule has 1 aromatic heterocycles. The fraction of sp³-hybridized carbons (Fsp3) is 0.500. The summed E-state index contributed by atoms with van der Waals surface area (Å²) in [5.74, 6) is 1.91. The van der Waals surface area contributed by atoms with E-state index in [0.717, 1.165) is 24.1 Å². The minimum atomic E-state index is 0.125. The molecule has 2 atom stereocenters. The van der Waals surface area contributed by atoms with Crippen LogP contribution in [0.15, 0.2) is 18.3 Å². The van der Waals surface area contributed by atoms with E-state index in [2.05, 4.69) is 27.4 Å². The minimum absolute atomic E-state index is 0.125. The third-order valence-electron chi connectivity index (χ3n) is 4.31. The summed E-state index contributed by atoms with van der Waals surface area (Å²) >= 11 is 0. The van der Waals surface area contributed by atoms with Gasteiger partial charge < -0.3 is 10.1 Å². The lowest BCUT2D eigenvalue weighted by Crippen LogP contribution is -2.28. The van der Waals surface area contributed by atoms with Gasteiger partial charge in [-0.2, -0.15) is 0 Å². The Morgan fingerprint density at radius 1 is 1.15 bits per heavy atom. The van der Waals surface area contributed by atoms with Gasteiger partial charge in [-0.15, -0.1) is 0 Å². The monoisotopic (exact) mass is 269 g/mol. The van der Waals surface area contributed by atoms with Gasteiger partial charge in [-0.05, 0) is 55.4 Å². The Labute approximate surface area is 118 Å². The summed E-state index contributed by atoms with van der Waals surface area (Å²) in [7, 11) is 0. The largest absolute Gasteiger partial charge is 0.474 e. The Hall–Kier alpha value is -1.68. The standard InChI is InChI=1S/C16H19N3O/c1-9(2)20-16-8-18-14-4-12-10-3-11(7-17-6-10)13(12)5-15(14)19-16/h4-5,8-11,17H,3,6-7H2,1-2H3. The van der Waals surface area contributed by atoms with Gasteiger partial charge in [0.15, 0.2) is 0 Å². The molecule has 2 heterocycles. The van der Waals surface area contributed by atoms with Gasteiger partial charge in [0, 0.05) is 13.1 Å². The molecule has 1 saturated heterocycles. The summed E-state index contributed by atoms with van der Waals surface area (Å²) in [6, 6.07) is 4.46. The third-order valence-corrected chi connectivity index (χ3v) is 4.31. The molecule has 2 unspecified atom stereocenters. The molecule has 0 saturated carbocycles. The van der Waals surface area contributed by atoms with Crippen LogP contribution in [-0.4, -0.2) is 29.2 Å². The van der Waals surface area contributed by atoms with E-state index in [-0.39, 0.29) is 6.10 Å². The molecule has 2 bridgehead atoms. The summed E-state index contributed by atoms with van der Waals surface area (Å²) < 4.78 is 5.64. The number of rotatable bonds is 2. The van der Waals surface area contributed by atoms with Crippen LogP contribution in [-0.2, 0) is 0 Å². The zero-order valence-electron chi connectivity index (χ0n) is 11.9. The number of nitrogens with zero attached hydrogens (tertiary/aromatic N) is 2. The van der Waals surface area contributed by atoms with Crippen LogP contribution in [0.4, 0.5) is 0 Å². The average molecular weight is 269 g/mol. The highest BCUT2D eigenvalue weighted by Crippen LogP contribution is 2.44. The number of benzene rings is 1. The molecule has 0 amide bonds. The van der Waals surface area contributed by atoms with Crippen molar-refractivity contribution >= 4 is 11.0 Å². The Morgan fingerprint density at radius 2 is 1.85 bits per heavy atom. The topological polar surface area (TPSA) is 47.0 Å². The van der Waals surface area contributed by atoms with Crippen LogP contribution in [0.25, 0.3) is 11.0 Å². The van der Waals surface area contributed by atoms with Crippen LogP contribution in [0.3, 0.4) is 0 Å². The van der Waals surface area contributed by atoms with Gasteiger partial charge in [0.2, 0.25) is 5.88 Å². The van der Waals surface area contributed by atoms with E-state index in [1.165, 1.54) is 17.5 Å². The Kier molecular flexibility index (Phi) is 2.67. The lowest BCUT2D eigenvalue weighted by Gasteiger charge is -2.19. The van der Waals surface area contributed by atoms with Crippen molar-refractivity contribution in [2.45, 2.75) is 38.2 Å². The summed E-state index contributed by atoms with van der Waals surface area (Å²) in [4.78, 5) is 9.12. The maximum absolute atomic E-state index is 5.64. The molecule has 1 aromatic carbocycles. The maximum Gasteiger partial charge on any atom is 0.233 e. The van der Waals surface area contributed by atoms with Crippen LogP contribution >= 0.6 is 0 Å². The fourth-order valence-electron chi connectivity index (χ4n) is 3.50. The summed E-state index contributed by atoms with van der Waals surface area (Å²) in [5.41, 5.74) is 4.87. The van der Waals surface area contributed by atoms with Crippen LogP contribution in [0.1, 0.15) is 43.2 Å². The zero-order chi connectivity index (χ0) is 13.7. The molecule has 104 valence electrons. The summed E-state index contributed by atoms with van der Waals surface area (Å²) in [6.45, 7) is 6.19. The Balaban J connectivity index is 1.82. The third kappa shape index (κ3) is 1.86. The molecule has 0 radical (unpaired) electrons. The quantitative estimate of drug-likeness (QED) is 0.910. The lowest BCUT2D eigenvalue weighted by atomic mass is 9.98. The number of piperidine rings is 1. The second-order valence-electron chi connectivity index (χ2n) is 6.13. The molecule has 4 heteroatoms. The van der Waals surface area contributed by atoms with E-state index >= 15 is 0 Å². The number of ether oxygens (including phenoxy) is 1. The van der Waals surface area contributed by atoms with Crippen molar-refractivity contribution in [1.82, 2.24) is 15.3 Å². The fourth-order valence-corrected chi connectivity index (χ4v) is 3.50. The van der Waals surface area contributed by atoms with Crippen molar-refractivity contribution < 1.29 is 4.74 Å². The number of aromatic nitrogens is 2. The summed E-state index contributed by atoms with van der Waals surface area (Å²) in [6.07, 6.45) is 3.13. The molecule has 20 heavy (non-hydrogen) atoms. The highest BCUT2D eigenvalue weighted by atomic mass is 16.5. The van der Waals surface area contributed by atoms with Crippen LogP contribution in [0, 0.1) is 0 Å². The van der Waals surface area contributed by atoms with E-state index < -0.39 is 0 Å². The Morgan fingerprint density at radius 3 is 2.55 bits per heavy atom. The number of hydrogen-bond acceptors (Lipinski definition) is 4. The van der Waals surface area contributed by atoms with Crippen molar-refractivity contribution in [3.8, 4) is 5.88 Å². The van der Waals surface area contributed by atoms with E-state index in [4.69, 9.17) is 4.74 Å². The van der Waals surface area contributed by atoms with Crippen molar-refractivity contribution in [3.05, 3.63) is 29.5 Å². The van der Waals surface area contributed by atoms with Crippen LogP contribution in [0.2, 0.25) is 0 Å². The molecular weight excluding hydrogens is 250 g/mol. The first-order valence-electron chi connectivity index (χ1n) is 7.38. The second-order valence-corrected chi connectivity index (χ2v) is 6.13. The molecule has 4 nitrogen and oxygen atoms in total. The first kappa shape index (κ1) is 12.1. The number of fused-ring (bicyclic) bond motifs is 6. The SMILES string of the molecule is CC(C)Oc1cnc2cc3c(cc2n1)C1CNCC3C1. The van der Waals surface area contributed by atoms with Gasteiger partial charge >= 0.3 is 0 Å². The number of nitrogens with one attached hydrogen (secondary N) is 1. The highest BCUT2D eigenvalue weighted by molar-refractivity contribution is 5.77. The van der Waals surface area contributed by atoms with Crippen LogP contribution < -0.4 is 10.1 Å². The predicted molar refractivity (Wildman–Crippen MR) is 78.3 cm³/mol. The van der Waals surface area contributed by atoms with Gasteiger partial charge in [0.1, 0.15) is 0 Å². The summed E-state index contributed by atoms with van der Waals surface area (Å²) in [5, 5.41) is 3.52. The van der Waals surface area contributed by atoms with E-state index in [1.807, 2.05) is 13.8 Å². The maximum atomic E-state index is 5.64. The Bertz CT molecular complexity index is 668. The lowest BCUT2D eigenvalue weighted by molar-refractivity contribution is 0.232. The van der Waals surface area contributed by atoms with Gasteiger partial charge in [-0.3, -0.25) is 0 Å². The van der Waals surface area contributed by atoms with E-state index in [1.54, 1.807) is 6.20 Å². The van der Waals surface area contributed by atoms with Gasteiger partial charge in [-0.25, -0.2) is 9.97 Å². The zero-order valence-corrected chi connectivity index (χ0v) is 11.9. The minimum Gasteiger partial charge on any atom is -0.474 e. The molecule has 1 aliphatic heterocycles. The van der Waals surface area contributed by atoms with Crippen molar-refractivity contribution in [1.29, 1.82) is 0 Å². The predicted octanol–water partition coefficient (Wildman–Crippen LogP) is 2.59. The van der Waals surface area contributed by atoms with E-state index in [9.17, 15) is 0 Å². The average Bonchev–Trinajstić information content (AvgIpc) is 2.67. The molecule has 1 fully saturated rings. The molecular formula is C16H19N3O. The molecule has 0 spiro atoms. The van der Waals surface area contributed by atoms with E-state index in [0.29, 0.717) is 17.7 Å². The normalized spacial score (nSPS) is 24.1. The van der Waals surface area contributed by atoms with Crippen molar-refractivity contribution in [2.24, 2.45) is 0 Å².